The van der Waals surface area contributed by atoms with Crippen LogP contribution >= 0.6 is 0 Å². The average Bonchev–Trinajstić information content (AvgIpc) is 2.13. The van der Waals surface area contributed by atoms with Gasteiger partial charge in [-0.2, -0.15) is 0 Å². The first-order valence-electron chi connectivity index (χ1n) is 5.02. The highest BCUT2D eigenvalue weighted by atomic mass is 15.1. The molecule has 0 aromatic heterocycles. The van der Waals surface area contributed by atoms with Crippen molar-refractivity contribution in [2.24, 2.45) is 0 Å². The van der Waals surface area contributed by atoms with Crippen molar-refractivity contribution in [3.05, 3.63) is 24.3 Å². The number of rotatable bonds is 5. The van der Waals surface area contributed by atoms with Gasteiger partial charge in [0, 0.05) is 32.7 Å². The van der Waals surface area contributed by atoms with Crippen LogP contribution in [0.25, 0.3) is 0 Å². The molecule has 0 saturated carbocycles. The minimum absolute atomic E-state index is 0.919. The van der Waals surface area contributed by atoms with E-state index in [4.69, 9.17) is 0 Å². The third kappa shape index (κ3) is 4.25. The fraction of sp³-hybridized carbons (Fsp3) is 0.636. The van der Waals surface area contributed by atoms with Gasteiger partial charge in [0.25, 0.3) is 0 Å². The van der Waals surface area contributed by atoms with Crippen LogP contribution in [0.2, 0.25) is 0 Å². The Morgan fingerprint density at radius 1 is 1.69 bits per heavy atom. The van der Waals surface area contributed by atoms with Crippen molar-refractivity contribution < 1.29 is 0 Å². The lowest BCUT2D eigenvalue weighted by atomic mass is 10.1. The Kier molecular flexibility index (Phi) is 4.79. The number of hydrogen-bond donors (Lipinski definition) is 1. The van der Waals surface area contributed by atoms with E-state index in [-0.39, 0.29) is 0 Å². The molecule has 0 bridgehead atoms. The summed E-state index contributed by atoms with van der Waals surface area (Å²) in [6.07, 6.45) is 5.46. The molecule has 0 amide bonds. The molecule has 0 unspecified atom stereocenters. The summed E-state index contributed by atoms with van der Waals surface area (Å²) in [7, 11) is 0. The summed E-state index contributed by atoms with van der Waals surface area (Å²) >= 11 is 0. The molecule has 1 heterocycles. The molecule has 0 saturated heterocycles. The van der Waals surface area contributed by atoms with E-state index < -0.39 is 0 Å². The largest absolute Gasteiger partial charge is 0.312 e. The van der Waals surface area contributed by atoms with Gasteiger partial charge >= 0.3 is 0 Å². The van der Waals surface area contributed by atoms with Crippen molar-refractivity contribution in [2.75, 3.05) is 32.7 Å². The maximum absolute atomic E-state index is 3.67. The number of hydrogen-bond acceptors (Lipinski definition) is 2. The van der Waals surface area contributed by atoms with Gasteiger partial charge in [0.05, 0.1) is 0 Å². The van der Waals surface area contributed by atoms with Crippen molar-refractivity contribution in [3.63, 3.8) is 0 Å². The zero-order chi connectivity index (χ0) is 9.52. The highest BCUT2D eigenvalue weighted by Crippen LogP contribution is 2.07. The second-order valence-corrected chi connectivity index (χ2v) is 3.61. The van der Waals surface area contributed by atoms with Crippen LogP contribution in [0.4, 0.5) is 0 Å². The highest BCUT2D eigenvalue weighted by Gasteiger charge is 2.08. The SMILES string of the molecule is C=CCNCCN1CCC=C(C)C1. The molecule has 1 rings (SSSR count). The minimum Gasteiger partial charge on any atom is -0.312 e. The first kappa shape index (κ1) is 10.5. The molecule has 1 aliphatic rings. The van der Waals surface area contributed by atoms with Crippen molar-refractivity contribution >= 4 is 0 Å². The lowest BCUT2D eigenvalue weighted by Gasteiger charge is -2.25. The molecule has 0 aliphatic carbocycles. The highest BCUT2D eigenvalue weighted by molar-refractivity contribution is 5.04. The Labute approximate surface area is 81.3 Å². The molecular formula is C11H20N2. The van der Waals surface area contributed by atoms with E-state index in [0.29, 0.717) is 0 Å². The minimum atomic E-state index is 0.919. The monoisotopic (exact) mass is 180 g/mol. The van der Waals surface area contributed by atoms with E-state index in [9.17, 15) is 0 Å². The molecule has 13 heavy (non-hydrogen) atoms. The van der Waals surface area contributed by atoms with Gasteiger partial charge < -0.3 is 5.32 Å². The Balaban J connectivity index is 2.08. The lowest BCUT2D eigenvalue weighted by molar-refractivity contribution is 0.291. The van der Waals surface area contributed by atoms with Crippen LogP contribution < -0.4 is 5.32 Å². The predicted octanol–water partition coefficient (Wildman–Crippen LogP) is 1.41. The zero-order valence-electron chi connectivity index (χ0n) is 8.55. The van der Waals surface area contributed by atoms with Crippen LogP contribution in [0.1, 0.15) is 13.3 Å². The molecule has 0 atom stereocenters. The maximum atomic E-state index is 3.67. The van der Waals surface area contributed by atoms with Crippen molar-refractivity contribution in [1.29, 1.82) is 0 Å². The summed E-state index contributed by atoms with van der Waals surface area (Å²) in [4.78, 5) is 2.49. The van der Waals surface area contributed by atoms with E-state index >= 15 is 0 Å². The van der Waals surface area contributed by atoms with E-state index in [1.807, 2.05) is 6.08 Å². The summed E-state index contributed by atoms with van der Waals surface area (Å²) in [5.41, 5.74) is 1.51. The zero-order valence-corrected chi connectivity index (χ0v) is 8.55. The molecule has 0 fully saturated rings. The summed E-state index contributed by atoms with van der Waals surface area (Å²) in [5, 5.41) is 3.32. The summed E-state index contributed by atoms with van der Waals surface area (Å²) in [5.74, 6) is 0. The van der Waals surface area contributed by atoms with E-state index in [1.165, 1.54) is 18.5 Å². The molecule has 0 radical (unpaired) electrons. The van der Waals surface area contributed by atoms with Gasteiger partial charge in [-0.15, -0.1) is 6.58 Å². The van der Waals surface area contributed by atoms with Crippen molar-refractivity contribution in [1.82, 2.24) is 10.2 Å². The fourth-order valence-electron chi connectivity index (χ4n) is 1.62. The van der Waals surface area contributed by atoms with Gasteiger partial charge in [-0.1, -0.05) is 17.7 Å². The second kappa shape index (κ2) is 5.95. The van der Waals surface area contributed by atoms with Crippen LogP contribution in [0, 0.1) is 0 Å². The van der Waals surface area contributed by atoms with Gasteiger partial charge in [-0.3, -0.25) is 4.90 Å². The van der Waals surface area contributed by atoms with Gasteiger partial charge in [0.2, 0.25) is 0 Å². The quantitative estimate of drug-likeness (QED) is 0.508. The molecule has 0 aromatic carbocycles. The van der Waals surface area contributed by atoms with Crippen LogP contribution in [0.3, 0.4) is 0 Å². The van der Waals surface area contributed by atoms with Crippen molar-refractivity contribution in [3.8, 4) is 0 Å². The Morgan fingerprint density at radius 3 is 3.23 bits per heavy atom. The van der Waals surface area contributed by atoms with E-state index in [1.54, 1.807) is 0 Å². The average molecular weight is 180 g/mol. The third-order valence-corrected chi connectivity index (χ3v) is 2.30. The molecule has 74 valence electrons. The lowest BCUT2D eigenvalue weighted by Crippen LogP contribution is -2.35. The topological polar surface area (TPSA) is 15.3 Å². The van der Waals surface area contributed by atoms with E-state index in [2.05, 4.69) is 29.8 Å². The standard InChI is InChI=1S/C11H20N2/c1-3-6-12-7-9-13-8-4-5-11(2)10-13/h3,5,12H,1,4,6-10H2,2H3. The Morgan fingerprint density at radius 2 is 2.54 bits per heavy atom. The van der Waals surface area contributed by atoms with Crippen LogP contribution in [0.5, 0.6) is 0 Å². The predicted molar refractivity (Wildman–Crippen MR) is 57.9 cm³/mol. The molecule has 2 heteroatoms. The first-order valence-corrected chi connectivity index (χ1v) is 5.02. The molecule has 0 spiro atoms. The summed E-state index contributed by atoms with van der Waals surface area (Å²) < 4.78 is 0. The fourth-order valence-corrected chi connectivity index (χ4v) is 1.62. The maximum Gasteiger partial charge on any atom is 0.0190 e. The second-order valence-electron chi connectivity index (χ2n) is 3.61. The van der Waals surface area contributed by atoms with Crippen LogP contribution in [0.15, 0.2) is 24.3 Å². The molecule has 1 N–H and O–H groups in total. The van der Waals surface area contributed by atoms with Gasteiger partial charge in [0.15, 0.2) is 0 Å². The molecule has 0 aromatic rings. The third-order valence-electron chi connectivity index (χ3n) is 2.30. The van der Waals surface area contributed by atoms with E-state index in [0.717, 1.165) is 26.2 Å². The van der Waals surface area contributed by atoms with Crippen molar-refractivity contribution in [2.45, 2.75) is 13.3 Å². The van der Waals surface area contributed by atoms with Gasteiger partial charge in [0.1, 0.15) is 0 Å². The van der Waals surface area contributed by atoms with Gasteiger partial charge in [-0.05, 0) is 13.3 Å². The Bertz CT molecular complexity index is 185. The summed E-state index contributed by atoms with van der Waals surface area (Å²) in [6.45, 7) is 11.4. The first-order chi connectivity index (χ1) is 6.33. The number of nitrogens with zero attached hydrogens (tertiary/aromatic N) is 1. The molecular weight excluding hydrogens is 160 g/mol. The van der Waals surface area contributed by atoms with Crippen LogP contribution in [-0.2, 0) is 0 Å². The van der Waals surface area contributed by atoms with Gasteiger partial charge in [-0.25, -0.2) is 0 Å². The normalized spacial score (nSPS) is 18.4. The molecule has 1 aliphatic heterocycles. The Hall–Kier alpha value is -0.600. The smallest absolute Gasteiger partial charge is 0.0190 e. The number of nitrogens with one attached hydrogen (secondary N) is 1. The molecule has 2 nitrogen and oxygen atoms in total. The summed E-state index contributed by atoms with van der Waals surface area (Å²) in [6, 6.07) is 0. The van der Waals surface area contributed by atoms with Crippen LogP contribution in [-0.4, -0.2) is 37.6 Å².